The van der Waals surface area contributed by atoms with E-state index in [1.807, 2.05) is 25.5 Å². The smallest absolute Gasteiger partial charge is 0.317 e. The highest BCUT2D eigenvalue weighted by Gasteiger charge is 2.37. The first-order valence-corrected chi connectivity index (χ1v) is 8.81. The summed E-state index contributed by atoms with van der Waals surface area (Å²) in [4.78, 5) is 0.0634. The highest BCUT2D eigenvalue weighted by atomic mass is 35.5. The largest absolute Gasteiger partial charge is 0.425 e. The van der Waals surface area contributed by atoms with Crippen LogP contribution >= 0.6 is 36.2 Å². The Kier molecular flexibility index (Phi) is 7.55. The van der Waals surface area contributed by atoms with E-state index in [1.54, 1.807) is 6.07 Å². The quantitative estimate of drug-likeness (QED) is 0.777. The summed E-state index contributed by atoms with van der Waals surface area (Å²) in [6.45, 7) is 5.71. The summed E-state index contributed by atoms with van der Waals surface area (Å²) in [5.74, 6) is 1.97. The van der Waals surface area contributed by atoms with Crippen LogP contribution in [0.4, 0.5) is 13.2 Å². The molecule has 0 amide bonds. The third kappa shape index (κ3) is 4.35. The Balaban J connectivity index is 0.00000169. The maximum absolute atomic E-state index is 12.9. The first kappa shape index (κ1) is 23.2. The van der Waals surface area contributed by atoms with Crippen LogP contribution in [0.25, 0.3) is 0 Å². The standard InChI is InChI=1S/C16H21F3N4S.2ClH/c1-15(2,11-4-5-12(24-11)16(17,18)19)14-22-21-13(23(14)3)10-6-8-20-9-7-10;;/h4-5,10,20H,6-9H2,1-3H3;2*1H. The molecule has 10 heteroatoms. The van der Waals surface area contributed by atoms with Gasteiger partial charge in [-0.3, -0.25) is 0 Å². The van der Waals surface area contributed by atoms with E-state index in [4.69, 9.17) is 0 Å². The highest BCUT2D eigenvalue weighted by molar-refractivity contribution is 7.12. The fourth-order valence-electron chi connectivity index (χ4n) is 3.26. The number of nitrogens with one attached hydrogen (secondary N) is 1. The lowest BCUT2D eigenvalue weighted by molar-refractivity contribution is -0.134. The van der Waals surface area contributed by atoms with Crippen LogP contribution in [-0.2, 0) is 18.6 Å². The zero-order chi connectivity index (χ0) is 17.5. The van der Waals surface area contributed by atoms with Crippen molar-refractivity contribution < 1.29 is 13.2 Å². The van der Waals surface area contributed by atoms with Gasteiger partial charge in [0.25, 0.3) is 0 Å². The Hall–Kier alpha value is -0.830. The van der Waals surface area contributed by atoms with Crippen molar-refractivity contribution in [1.82, 2.24) is 20.1 Å². The molecule has 1 saturated heterocycles. The van der Waals surface area contributed by atoms with Gasteiger partial charge in [-0.05, 0) is 51.9 Å². The maximum Gasteiger partial charge on any atom is 0.425 e. The second-order valence-corrected chi connectivity index (χ2v) is 7.84. The molecule has 2 aromatic heterocycles. The van der Waals surface area contributed by atoms with Gasteiger partial charge in [-0.1, -0.05) is 0 Å². The van der Waals surface area contributed by atoms with Crippen LogP contribution in [0, 0.1) is 0 Å². The molecule has 148 valence electrons. The van der Waals surface area contributed by atoms with Crippen LogP contribution in [-0.4, -0.2) is 27.9 Å². The summed E-state index contributed by atoms with van der Waals surface area (Å²) in [5.41, 5.74) is -0.624. The molecule has 0 atom stereocenters. The van der Waals surface area contributed by atoms with E-state index >= 15 is 0 Å². The molecular weight excluding hydrogens is 408 g/mol. The average Bonchev–Trinajstić information content (AvgIpc) is 3.15. The molecule has 3 heterocycles. The molecule has 2 aromatic rings. The maximum atomic E-state index is 12.9. The first-order chi connectivity index (χ1) is 11.2. The van der Waals surface area contributed by atoms with Gasteiger partial charge in [0.05, 0.1) is 5.41 Å². The minimum absolute atomic E-state index is 0. The fraction of sp³-hybridized carbons (Fsp3) is 0.625. The predicted molar refractivity (Wildman–Crippen MR) is 102 cm³/mol. The number of hydrogen-bond donors (Lipinski definition) is 1. The normalized spacial score (nSPS) is 16.1. The van der Waals surface area contributed by atoms with Crippen molar-refractivity contribution in [3.63, 3.8) is 0 Å². The van der Waals surface area contributed by atoms with Crippen molar-refractivity contribution in [2.24, 2.45) is 7.05 Å². The van der Waals surface area contributed by atoms with Crippen molar-refractivity contribution in [3.05, 3.63) is 33.5 Å². The van der Waals surface area contributed by atoms with Crippen LogP contribution in [0.1, 0.15) is 54.0 Å². The van der Waals surface area contributed by atoms with Crippen molar-refractivity contribution in [2.45, 2.75) is 44.2 Å². The highest BCUT2D eigenvalue weighted by Crippen LogP contribution is 2.41. The second-order valence-electron chi connectivity index (χ2n) is 6.75. The number of rotatable bonds is 3. The lowest BCUT2D eigenvalue weighted by Gasteiger charge is -2.25. The van der Waals surface area contributed by atoms with Crippen LogP contribution in [0.5, 0.6) is 0 Å². The van der Waals surface area contributed by atoms with Gasteiger partial charge in [0.1, 0.15) is 16.5 Å². The minimum Gasteiger partial charge on any atom is -0.317 e. The molecule has 3 rings (SSSR count). The molecule has 0 aromatic carbocycles. The lowest BCUT2D eigenvalue weighted by Crippen LogP contribution is -2.28. The van der Waals surface area contributed by atoms with Gasteiger partial charge in [-0.25, -0.2) is 0 Å². The van der Waals surface area contributed by atoms with Crippen LogP contribution in [0.2, 0.25) is 0 Å². The minimum atomic E-state index is -4.31. The van der Waals surface area contributed by atoms with Crippen molar-refractivity contribution in [1.29, 1.82) is 0 Å². The summed E-state index contributed by atoms with van der Waals surface area (Å²) >= 11 is 0.779. The Morgan fingerprint density at radius 1 is 1.08 bits per heavy atom. The molecule has 0 radical (unpaired) electrons. The van der Waals surface area contributed by atoms with Gasteiger partial charge in [0, 0.05) is 17.8 Å². The Morgan fingerprint density at radius 2 is 1.65 bits per heavy atom. The molecule has 0 saturated carbocycles. The number of nitrogens with zero attached hydrogens (tertiary/aromatic N) is 3. The summed E-state index contributed by atoms with van der Waals surface area (Å²) in [6.07, 6.45) is -2.30. The monoisotopic (exact) mass is 430 g/mol. The zero-order valence-electron chi connectivity index (χ0n) is 14.8. The third-order valence-electron chi connectivity index (χ3n) is 4.67. The SMILES string of the molecule is Cl.Cl.Cn1c(C2CCNCC2)nnc1C(C)(C)c1ccc(C(F)(F)F)s1. The molecule has 26 heavy (non-hydrogen) atoms. The van der Waals surface area contributed by atoms with Gasteiger partial charge >= 0.3 is 6.18 Å². The topological polar surface area (TPSA) is 42.7 Å². The molecule has 0 unspecified atom stereocenters. The second kappa shape index (κ2) is 8.46. The van der Waals surface area contributed by atoms with Gasteiger partial charge in [0.2, 0.25) is 0 Å². The summed E-state index contributed by atoms with van der Waals surface area (Å²) in [7, 11) is 1.91. The number of piperidine rings is 1. The Morgan fingerprint density at radius 3 is 2.19 bits per heavy atom. The van der Waals surface area contributed by atoms with Crippen LogP contribution < -0.4 is 5.32 Å². The third-order valence-corrected chi connectivity index (χ3v) is 6.13. The average molecular weight is 431 g/mol. The van der Waals surface area contributed by atoms with E-state index in [2.05, 4.69) is 15.5 Å². The van der Waals surface area contributed by atoms with Gasteiger partial charge in [0.15, 0.2) is 0 Å². The number of thiophene rings is 1. The molecular formula is C16H23Cl2F3N4S. The molecule has 0 spiro atoms. The van der Waals surface area contributed by atoms with Crippen molar-refractivity contribution >= 4 is 36.2 Å². The molecule has 0 aliphatic carbocycles. The molecule has 1 aliphatic rings. The van der Waals surface area contributed by atoms with Gasteiger partial charge < -0.3 is 9.88 Å². The van der Waals surface area contributed by atoms with E-state index in [-0.39, 0.29) is 24.8 Å². The number of alkyl halides is 3. The van der Waals surface area contributed by atoms with Gasteiger partial charge in [-0.15, -0.1) is 46.3 Å². The summed E-state index contributed by atoms with van der Waals surface area (Å²) in [5, 5.41) is 12.0. The Bertz CT molecular complexity index is 721. The molecule has 0 bridgehead atoms. The first-order valence-electron chi connectivity index (χ1n) is 7.99. The van der Waals surface area contributed by atoms with Gasteiger partial charge in [-0.2, -0.15) is 13.2 Å². The summed E-state index contributed by atoms with van der Waals surface area (Å²) in [6, 6.07) is 2.69. The van der Waals surface area contributed by atoms with Crippen molar-refractivity contribution in [2.75, 3.05) is 13.1 Å². The molecule has 4 nitrogen and oxygen atoms in total. The van der Waals surface area contributed by atoms with E-state index < -0.39 is 16.5 Å². The van der Waals surface area contributed by atoms with Crippen LogP contribution in [0.15, 0.2) is 12.1 Å². The van der Waals surface area contributed by atoms with E-state index in [9.17, 15) is 13.2 Å². The predicted octanol–water partition coefficient (Wildman–Crippen LogP) is 4.53. The van der Waals surface area contributed by atoms with E-state index in [0.717, 1.165) is 49.2 Å². The van der Waals surface area contributed by atoms with E-state index in [0.29, 0.717) is 16.6 Å². The zero-order valence-corrected chi connectivity index (χ0v) is 17.2. The molecule has 1 N–H and O–H groups in total. The summed E-state index contributed by atoms with van der Waals surface area (Å²) < 4.78 is 40.6. The van der Waals surface area contributed by atoms with Crippen molar-refractivity contribution in [3.8, 4) is 0 Å². The number of aromatic nitrogens is 3. The molecule has 1 fully saturated rings. The Labute approximate surface area is 167 Å². The van der Waals surface area contributed by atoms with E-state index in [1.165, 1.54) is 0 Å². The molecule has 1 aliphatic heterocycles. The fourth-order valence-corrected chi connectivity index (χ4v) is 4.23. The number of hydrogen-bond acceptors (Lipinski definition) is 4. The lowest BCUT2D eigenvalue weighted by atomic mass is 9.90. The van der Waals surface area contributed by atoms with Crippen LogP contribution in [0.3, 0.4) is 0 Å². The number of halogens is 5.